The van der Waals surface area contributed by atoms with Gasteiger partial charge in [-0.3, -0.25) is 19.3 Å². The number of rotatable bonds is 8. The van der Waals surface area contributed by atoms with Crippen molar-refractivity contribution >= 4 is 23.7 Å². The Balaban J connectivity index is 1.37. The van der Waals surface area contributed by atoms with Crippen molar-refractivity contribution in [3.8, 4) is 11.5 Å². The van der Waals surface area contributed by atoms with Crippen molar-refractivity contribution < 1.29 is 33.4 Å². The number of hydrogen-bond donors (Lipinski definition) is 1. The van der Waals surface area contributed by atoms with Gasteiger partial charge in [0, 0.05) is 6.54 Å². The smallest absolute Gasteiger partial charge is 0.330 e. The van der Waals surface area contributed by atoms with Gasteiger partial charge < -0.3 is 19.5 Å². The zero-order valence-corrected chi connectivity index (χ0v) is 18.3. The van der Waals surface area contributed by atoms with Gasteiger partial charge >= 0.3 is 5.97 Å². The lowest BCUT2D eigenvalue weighted by molar-refractivity contribution is -0.154. The summed E-state index contributed by atoms with van der Waals surface area (Å²) in [5, 5.41) is 2.67. The van der Waals surface area contributed by atoms with Crippen LogP contribution in [0.15, 0.2) is 42.5 Å². The fourth-order valence-electron chi connectivity index (χ4n) is 3.80. The third kappa shape index (κ3) is 4.39. The lowest BCUT2D eigenvalue weighted by Gasteiger charge is -2.28. The van der Waals surface area contributed by atoms with E-state index in [0.29, 0.717) is 17.9 Å². The molecule has 9 heteroatoms. The van der Waals surface area contributed by atoms with E-state index in [1.165, 1.54) is 0 Å². The van der Waals surface area contributed by atoms with Crippen LogP contribution in [0.2, 0.25) is 0 Å². The van der Waals surface area contributed by atoms with E-state index in [1.54, 1.807) is 49.4 Å². The van der Waals surface area contributed by atoms with Crippen molar-refractivity contribution in [1.82, 2.24) is 10.2 Å². The second kappa shape index (κ2) is 9.32. The van der Waals surface area contributed by atoms with Gasteiger partial charge in [0.1, 0.15) is 6.04 Å². The molecule has 33 heavy (non-hydrogen) atoms. The molecule has 0 radical (unpaired) electrons. The number of fused-ring (bicyclic) bond motifs is 2. The molecule has 0 saturated carbocycles. The van der Waals surface area contributed by atoms with Crippen molar-refractivity contribution in [3.63, 3.8) is 0 Å². The van der Waals surface area contributed by atoms with Crippen molar-refractivity contribution in [1.29, 1.82) is 0 Å². The molecule has 2 aromatic carbocycles. The summed E-state index contributed by atoms with van der Waals surface area (Å²) in [5.74, 6) is -1.48. The third-order valence-corrected chi connectivity index (χ3v) is 5.80. The normalized spacial score (nSPS) is 15.8. The second-order valence-electron chi connectivity index (χ2n) is 7.93. The van der Waals surface area contributed by atoms with Crippen LogP contribution >= 0.6 is 0 Å². The summed E-state index contributed by atoms with van der Waals surface area (Å²) in [4.78, 5) is 51.8. The molecule has 3 amide bonds. The Kier molecular flexibility index (Phi) is 6.30. The van der Waals surface area contributed by atoms with Crippen LogP contribution in [-0.4, -0.2) is 48.0 Å². The molecular weight excluding hydrogens is 428 g/mol. The van der Waals surface area contributed by atoms with Crippen molar-refractivity contribution in [2.45, 2.75) is 32.9 Å². The summed E-state index contributed by atoms with van der Waals surface area (Å²) in [6.45, 7) is 3.45. The van der Waals surface area contributed by atoms with E-state index in [4.69, 9.17) is 14.2 Å². The molecule has 0 aliphatic carbocycles. The second-order valence-corrected chi connectivity index (χ2v) is 7.93. The maximum absolute atomic E-state index is 12.9. The van der Waals surface area contributed by atoms with E-state index in [0.717, 1.165) is 10.5 Å². The van der Waals surface area contributed by atoms with Gasteiger partial charge in [0.05, 0.1) is 11.1 Å². The molecule has 2 heterocycles. The molecule has 0 bridgehead atoms. The average Bonchev–Trinajstić information content (AvgIpc) is 3.39. The van der Waals surface area contributed by atoms with Crippen molar-refractivity contribution in [3.05, 3.63) is 59.2 Å². The number of carbonyl (C=O) groups is 4. The predicted octanol–water partition coefficient (Wildman–Crippen LogP) is 2.29. The highest BCUT2D eigenvalue weighted by Crippen LogP contribution is 2.32. The first kappa shape index (κ1) is 22.3. The molecule has 0 fully saturated rings. The Labute approximate surface area is 190 Å². The molecule has 2 atom stereocenters. The minimum atomic E-state index is -1.12. The molecule has 0 saturated heterocycles. The molecular formula is C24H24N2O7. The molecule has 2 aromatic rings. The topological polar surface area (TPSA) is 111 Å². The molecule has 4 rings (SSSR count). The van der Waals surface area contributed by atoms with Gasteiger partial charge in [-0.2, -0.15) is 0 Å². The highest BCUT2D eigenvalue weighted by molar-refractivity contribution is 6.22. The van der Waals surface area contributed by atoms with Gasteiger partial charge in [0.2, 0.25) is 6.79 Å². The minimum Gasteiger partial charge on any atom is -0.454 e. The number of amides is 3. The fourth-order valence-corrected chi connectivity index (χ4v) is 3.80. The van der Waals surface area contributed by atoms with Gasteiger partial charge in [0.15, 0.2) is 18.1 Å². The number of ether oxygens (including phenoxy) is 3. The Hall–Kier alpha value is -3.88. The zero-order valence-electron chi connectivity index (χ0n) is 18.3. The predicted molar refractivity (Wildman–Crippen MR) is 116 cm³/mol. The van der Waals surface area contributed by atoms with Crippen LogP contribution in [0.25, 0.3) is 0 Å². The van der Waals surface area contributed by atoms with E-state index >= 15 is 0 Å². The Morgan fingerprint density at radius 1 is 1.06 bits per heavy atom. The monoisotopic (exact) mass is 452 g/mol. The van der Waals surface area contributed by atoms with Crippen LogP contribution in [0, 0.1) is 5.92 Å². The highest BCUT2D eigenvalue weighted by Gasteiger charge is 2.45. The van der Waals surface area contributed by atoms with Crippen LogP contribution in [0.3, 0.4) is 0 Å². The summed E-state index contributed by atoms with van der Waals surface area (Å²) in [7, 11) is 0. The first-order chi connectivity index (χ1) is 15.9. The van der Waals surface area contributed by atoms with E-state index in [9.17, 15) is 19.2 Å². The van der Waals surface area contributed by atoms with Gasteiger partial charge in [-0.05, 0) is 35.7 Å². The van der Waals surface area contributed by atoms with Gasteiger partial charge in [-0.15, -0.1) is 0 Å². The van der Waals surface area contributed by atoms with Crippen LogP contribution in [0.5, 0.6) is 11.5 Å². The number of nitrogens with one attached hydrogen (secondary N) is 1. The SMILES string of the molecule is CC[C@H](C)[C@@H](C(=O)OCC(=O)NCc1ccc2c(c1)OCO2)N1C(=O)c2ccccc2C1=O. The number of hydrogen-bond acceptors (Lipinski definition) is 7. The van der Waals surface area contributed by atoms with Crippen LogP contribution in [-0.2, 0) is 20.9 Å². The maximum Gasteiger partial charge on any atom is 0.330 e. The third-order valence-electron chi connectivity index (χ3n) is 5.80. The van der Waals surface area contributed by atoms with E-state index in [-0.39, 0.29) is 30.4 Å². The fraction of sp³-hybridized carbons (Fsp3) is 0.333. The van der Waals surface area contributed by atoms with Crippen LogP contribution in [0.4, 0.5) is 0 Å². The zero-order chi connectivity index (χ0) is 23.5. The van der Waals surface area contributed by atoms with Crippen LogP contribution < -0.4 is 14.8 Å². The molecule has 0 aromatic heterocycles. The maximum atomic E-state index is 12.9. The van der Waals surface area contributed by atoms with Gasteiger partial charge in [-0.25, -0.2) is 4.79 Å². The van der Waals surface area contributed by atoms with E-state index in [2.05, 4.69) is 5.32 Å². The minimum absolute atomic E-state index is 0.158. The Morgan fingerprint density at radius 3 is 2.39 bits per heavy atom. The average molecular weight is 452 g/mol. The first-order valence-corrected chi connectivity index (χ1v) is 10.7. The lowest BCUT2D eigenvalue weighted by atomic mass is 9.97. The van der Waals surface area contributed by atoms with E-state index in [1.807, 2.05) is 6.92 Å². The summed E-state index contributed by atoms with van der Waals surface area (Å²) in [6.07, 6.45) is 0.531. The number of imide groups is 1. The molecule has 1 N–H and O–H groups in total. The number of nitrogens with zero attached hydrogens (tertiary/aromatic N) is 1. The molecule has 172 valence electrons. The Bertz CT molecular complexity index is 1080. The van der Waals surface area contributed by atoms with Crippen molar-refractivity contribution in [2.75, 3.05) is 13.4 Å². The highest BCUT2D eigenvalue weighted by atomic mass is 16.7. The summed E-state index contributed by atoms with van der Waals surface area (Å²) >= 11 is 0. The number of carbonyl (C=O) groups excluding carboxylic acids is 4. The molecule has 0 unspecified atom stereocenters. The molecule has 2 aliphatic heterocycles. The first-order valence-electron chi connectivity index (χ1n) is 10.7. The van der Waals surface area contributed by atoms with E-state index < -0.39 is 36.3 Å². The number of esters is 1. The van der Waals surface area contributed by atoms with Gasteiger partial charge in [-0.1, -0.05) is 38.5 Å². The quantitative estimate of drug-likeness (QED) is 0.483. The summed E-state index contributed by atoms with van der Waals surface area (Å²) in [6, 6.07) is 10.6. The van der Waals surface area contributed by atoms with Crippen molar-refractivity contribution in [2.24, 2.45) is 5.92 Å². The lowest BCUT2D eigenvalue weighted by Crippen LogP contribution is -2.49. The standard InChI is InChI=1S/C24H24N2O7/c1-3-14(2)21(26-22(28)16-6-4-5-7-17(16)23(26)29)24(30)31-12-20(27)25-11-15-8-9-18-19(10-15)33-13-32-18/h4-10,14,21H,3,11-13H2,1-2H3,(H,25,27)/t14-,21-/m0/s1. The summed E-state index contributed by atoms with van der Waals surface area (Å²) in [5.41, 5.74) is 1.30. The largest absolute Gasteiger partial charge is 0.454 e. The number of benzene rings is 2. The molecule has 9 nitrogen and oxygen atoms in total. The summed E-state index contributed by atoms with van der Waals surface area (Å²) < 4.78 is 15.8. The van der Waals surface area contributed by atoms with Crippen LogP contribution in [0.1, 0.15) is 46.5 Å². The Morgan fingerprint density at radius 2 is 1.73 bits per heavy atom. The molecule has 0 spiro atoms. The van der Waals surface area contributed by atoms with Gasteiger partial charge in [0.25, 0.3) is 17.7 Å². The molecule has 2 aliphatic rings.